The molecule has 0 unspecified atom stereocenters. The molecule has 0 fully saturated rings. The number of carbonyl (C=O) groups is 1. The highest BCUT2D eigenvalue weighted by Gasteiger charge is 2.25. The van der Waals surface area contributed by atoms with Crippen LogP contribution < -0.4 is 11.1 Å². The number of aromatic hydroxyl groups is 1. The Morgan fingerprint density at radius 2 is 1.65 bits per heavy atom. The molecular weight excluding hydrogens is 488 g/mol. The molecule has 1 amide bonds. The molecule has 34 heavy (non-hydrogen) atoms. The number of fused-ring (bicyclic) bond motifs is 1. The van der Waals surface area contributed by atoms with Gasteiger partial charge in [0.2, 0.25) is 5.91 Å². The minimum Gasteiger partial charge on any atom is -0.505 e. The number of amides is 1. The van der Waals surface area contributed by atoms with Gasteiger partial charge in [-0.15, -0.1) is 5.11 Å². The van der Waals surface area contributed by atoms with E-state index in [1.54, 1.807) is 24.3 Å². The zero-order valence-corrected chi connectivity index (χ0v) is 19.3. The largest absolute Gasteiger partial charge is 0.505 e. The highest BCUT2D eigenvalue weighted by molar-refractivity contribution is 7.86. The predicted octanol–water partition coefficient (Wildman–Crippen LogP) is 2.91. The molecular formula is C20H20N4O8S2. The Bertz CT molecular complexity index is 1520. The lowest BCUT2D eigenvalue weighted by atomic mass is 10.1. The fourth-order valence-corrected chi connectivity index (χ4v) is 4.39. The number of benzene rings is 3. The molecule has 14 heteroatoms. The monoisotopic (exact) mass is 508 g/mol. The topological polar surface area (TPSA) is 209 Å². The summed E-state index contributed by atoms with van der Waals surface area (Å²) in [5.74, 6) is -1.45. The average Bonchev–Trinajstić information content (AvgIpc) is 2.72. The van der Waals surface area contributed by atoms with Gasteiger partial charge in [0.25, 0.3) is 20.2 Å². The van der Waals surface area contributed by atoms with Crippen LogP contribution in [-0.2, 0) is 31.5 Å². The van der Waals surface area contributed by atoms with Crippen LogP contribution in [-0.4, -0.2) is 43.5 Å². The number of anilines is 1. The van der Waals surface area contributed by atoms with Crippen molar-refractivity contribution in [3.05, 3.63) is 48.0 Å². The van der Waals surface area contributed by atoms with Gasteiger partial charge in [0, 0.05) is 12.3 Å². The lowest BCUT2D eigenvalue weighted by molar-refractivity contribution is -0.114. The summed E-state index contributed by atoms with van der Waals surface area (Å²) in [5.41, 5.74) is 5.84. The number of nitrogens with two attached hydrogens (primary N) is 1. The van der Waals surface area contributed by atoms with E-state index in [1.807, 2.05) is 0 Å². The summed E-state index contributed by atoms with van der Waals surface area (Å²) in [4.78, 5) is 10.1. The van der Waals surface area contributed by atoms with Crippen molar-refractivity contribution in [2.75, 3.05) is 11.9 Å². The number of carbonyl (C=O) groups excluding carboxylic acids is 1. The Hall–Kier alpha value is -3.43. The molecule has 0 radical (unpaired) electrons. The van der Waals surface area contributed by atoms with Crippen LogP contribution in [0, 0.1) is 0 Å². The molecule has 0 aliphatic heterocycles. The number of phenols is 1. The first-order valence-electron chi connectivity index (χ1n) is 9.58. The molecule has 0 atom stereocenters. The van der Waals surface area contributed by atoms with Crippen molar-refractivity contribution in [1.82, 2.24) is 0 Å². The molecule has 0 aromatic heterocycles. The third-order valence-electron chi connectivity index (χ3n) is 4.64. The van der Waals surface area contributed by atoms with Gasteiger partial charge in [-0.2, -0.15) is 21.9 Å². The molecule has 180 valence electrons. The summed E-state index contributed by atoms with van der Waals surface area (Å²) in [7, 11) is -9.75. The first-order valence-corrected chi connectivity index (χ1v) is 12.5. The number of azo groups is 1. The van der Waals surface area contributed by atoms with E-state index < -0.39 is 47.4 Å². The third-order valence-corrected chi connectivity index (χ3v) is 6.34. The minimum atomic E-state index is -4.98. The fraction of sp³-hybridized carbons (Fsp3) is 0.150. The maximum atomic E-state index is 12.0. The standard InChI is InChI=1S/C20H20N4O8S2/c1-11(25)22-16-10-15(33(27,28)29)8-13-9-17(34(30,31)32)19(20(26)18(13)16)24-23-14-4-2-12(3-5-14)6-7-21/h2-5,8-10,26H,6-7,21H2,1H3,(H,22,25)(H,27,28,29)(H,30,31,32). The zero-order chi connectivity index (χ0) is 25.3. The van der Waals surface area contributed by atoms with E-state index in [9.17, 15) is 35.8 Å². The molecule has 0 saturated carbocycles. The second-order valence-electron chi connectivity index (χ2n) is 7.18. The van der Waals surface area contributed by atoms with E-state index in [2.05, 4.69) is 15.5 Å². The van der Waals surface area contributed by atoms with Crippen molar-refractivity contribution in [2.24, 2.45) is 16.0 Å². The SMILES string of the molecule is CC(=O)Nc1cc(S(=O)(=O)O)cc2cc(S(=O)(=O)O)c(N=Nc3ccc(CCN)cc3)c(O)c12. The van der Waals surface area contributed by atoms with Gasteiger partial charge in [-0.3, -0.25) is 13.9 Å². The van der Waals surface area contributed by atoms with Crippen molar-refractivity contribution in [1.29, 1.82) is 0 Å². The lowest BCUT2D eigenvalue weighted by Crippen LogP contribution is -2.08. The van der Waals surface area contributed by atoms with Gasteiger partial charge < -0.3 is 16.2 Å². The van der Waals surface area contributed by atoms with Crippen LogP contribution in [0.2, 0.25) is 0 Å². The summed E-state index contributed by atoms with van der Waals surface area (Å²) in [6, 6.07) is 9.21. The Kier molecular flexibility index (Phi) is 6.99. The predicted molar refractivity (Wildman–Crippen MR) is 123 cm³/mol. The van der Waals surface area contributed by atoms with Crippen LogP contribution in [0.25, 0.3) is 10.8 Å². The maximum Gasteiger partial charge on any atom is 0.296 e. The van der Waals surface area contributed by atoms with Crippen LogP contribution >= 0.6 is 0 Å². The van der Waals surface area contributed by atoms with Gasteiger partial charge >= 0.3 is 0 Å². The highest BCUT2D eigenvalue weighted by atomic mass is 32.2. The maximum absolute atomic E-state index is 12.0. The van der Waals surface area contributed by atoms with Gasteiger partial charge in [-0.05, 0) is 54.2 Å². The number of rotatable bonds is 7. The number of phenolic OH excluding ortho intramolecular Hbond substituents is 1. The van der Waals surface area contributed by atoms with Crippen LogP contribution in [0.5, 0.6) is 5.75 Å². The van der Waals surface area contributed by atoms with Crippen LogP contribution in [0.1, 0.15) is 12.5 Å². The summed E-state index contributed by atoms with van der Waals surface area (Å²) in [5, 5.41) is 20.4. The quantitative estimate of drug-likeness (QED) is 0.234. The van der Waals surface area contributed by atoms with Crippen LogP contribution in [0.4, 0.5) is 17.1 Å². The van der Waals surface area contributed by atoms with E-state index >= 15 is 0 Å². The molecule has 0 spiro atoms. The van der Waals surface area contributed by atoms with Crippen molar-refractivity contribution < 1.29 is 35.8 Å². The molecule has 3 rings (SSSR count). The Morgan fingerprint density at radius 1 is 1.00 bits per heavy atom. The highest BCUT2D eigenvalue weighted by Crippen LogP contribution is 2.45. The van der Waals surface area contributed by atoms with E-state index in [0.717, 1.165) is 30.7 Å². The molecule has 0 aliphatic rings. The Balaban J connectivity index is 2.30. The molecule has 0 bridgehead atoms. The van der Waals surface area contributed by atoms with Crippen molar-refractivity contribution in [3.8, 4) is 5.75 Å². The smallest absolute Gasteiger partial charge is 0.296 e. The number of nitrogens with zero attached hydrogens (tertiary/aromatic N) is 2. The lowest BCUT2D eigenvalue weighted by Gasteiger charge is -2.14. The second kappa shape index (κ2) is 9.44. The van der Waals surface area contributed by atoms with Crippen LogP contribution in [0.15, 0.2) is 62.5 Å². The molecule has 3 aromatic carbocycles. The summed E-state index contributed by atoms with van der Waals surface area (Å²) in [6.07, 6.45) is 0.632. The van der Waals surface area contributed by atoms with E-state index in [0.29, 0.717) is 18.7 Å². The minimum absolute atomic E-state index is 0.192. The molecule has 0 saturated heterocycles. The number of nitrogens with one attached hydrogen (secondary N) is 1. The van der Waals surface area contributed by atoms with E-state index in [-0.39, 0.29) is 16.5 Å². The Labute approximate surface area is 194 Å². The summed E-state index contributed by atoms with van der Waals surface area (Å²) in [6.45, 7) is 1.56. The van der Waals surface area contributed by atoms with Gasteiger partial charge in [0.15, 0.2) is 5.75 Å². The van der Waals surface area contributed by atoms with Crippen molar-refractivity contribution in [2.45, 2.75) is 23.1 Å². The molecule has 0 aliphatic carbocycles. The number of hydrogen-bond donors (Lipinski definition) is 5. The first-order chi connectivity index (χ1) is 15.8. The Morgan fingerprint density at radius 3 is 2.18 bits per heavy atom. The average molecular weight is 509 g/mol. The van der Waals surface area contributed by atoms with Crippen molar-refractivity contribution >= 4 is 54.0 Å². The molecule has 0 heterocycles. The molecule has 6 N–H and O–H groups in total. The molecule has 3 aromatic rings. The van der Waals surface area contributed by atoms with E-state index in [4.69, 9.17) is 5.73 Å². The van der Waals surface area contributed by atoms with Crippen LogP contribution in [0.3, 0.4) is 0 Å². The number of hydrogen-bond acceptors (Lipinski definition) is 9. The first kappa shape index (κ1) is 25.2. The summed E-state index contributed by atoms with van der Waals surface area (Å²) < 4.78 is 66.4. The van der Waals surface area contributed by atoms with Gasteiger partial charge in [0.05, 0.1) is 16.3 Å². The zero-order valence-electron chi connectivity index (χ0n) is 17.6. The fourth-order valence-electron chi connectivity index (χ4n) is 3.19. The van der Waals surface area contributed by atoms with Gasteiger partial charge in [-0.1, -0.05) is 12.1 Å². The third kappa shape index (κ3) is 5.55. The molecule has 12 nitrogen and oxygen atoms in total. The van der Waals surface area contributed by atoms with Crippen molar-refractivity contribution in [3.63, 3.8) is 0 Å². The van der Waals surface area contributed by atoms with Gasteiger partial charge in [0.1, 0.15) is 10.6 Å². The summed E-state index contributed by atoms with van der Waals surface area (Å²) >= 11 is 0. The van der Waals surface area contributed by atoms with Gasteiger partial charge in [-0.25, -0.2) is 0 Å². The normalized spacial score (nSPS) is 12.4. The van der Waals surface area contributed by atoms with E-state index in [1.165, 1.54) is 0 Å². The second-order valence-corrected chi connectivity index (χ2v) is 9.99.